The number of halogens is 4. The van der Waals surface area contributed by atoms with Crippen LogP contribution in [0.15, 0.2) is 18.2 Å². The summed E-state index contributed by atoms with van der Waals surface area (Å²) in [6.07, 6.45) is -3.68. The third-order valence-electron chi connectivity index (χ3n) is 4.12. The lowest BCUT2D eigenvalue weighted by atomic mass is 9.95. The van der Waals surface area contributed by atoms with E-state index in [1.54, 1.807) is 24.1 Å². The van der Waals surface area contributed by atoms with Gasteiger partial charge in [0.1, 0.15) is 5.82 Å². The van der Waals surface area contributed by atoms with Crippen molar-refractivity contribution < 1.29 is 17.6 Å². The third kappa shape index (κ3) is 3.48. The van der Waals surface area contributed by atoms with Crippen LogP contribution in [-0.2, 0) is 0 Å². The molecule has 0 bridgehead atoms. The zero-order chi connectivity index (χ0) is 15.6. The van der Waals surface area contributed by atoms with Gasteiger partial charge in [-0.15, -0.1) is 0 Å². The zero-order valence-electron chi connectivity index (χ0n) is 12.2. The average molecular weight is 304 g/mol. The van der Waals surface area contributed by atoms with Gasteiger partial charge in [-0.05, 0) is 38.4 Å². The van der Waals surface area contributed by atoms with Crippen molar-refractivity contribution in [2.24, 2.45) is 5.92 Å². The van der Waals surface area contributed by atoms with E-state index in [-0.39, 0.29) is 19.0 Å². The first kappa shape index (κ1) is 16.1. The largest absolute Gasteiger partial charge is 0.393 e. The second-order valence-electron chi connectivity index (χ2n) is 5.51. The Morgan fingerprint density at radius 3 is 2.67 bits per heavy atom. The minimum Gasteiger partial charge on any atom is -0.368 e. The lowest BCUT2D eigenvalue weighted by Gasteiger charge is -2.37. The van der Waals surface area contributed by atoms with E-state index in [2.05, 4.69) is 5.32 Å². The van der Waals surface area contributed by atoms with E-state index < -0.39 is 17.9 Å². The molecule has 2 rings (SSSR count). The van der Waals surface area contributed by atoms with Gasteiger partial charge in [-0.25, -0.2) is 4.39 Å². The molecule has 1 aromatic carbocycles. The molecule has 1 N–H and O–H groups in total. The summed E-state index contributed by atoms with van der Waals surface area (Å²) in [6, 6.07) is 4.53. The molecule has 2 atom stereocenters. The van der Waals surface area contributed by atoms with Gasteiger partial charge in [-0.2, -0.15) is 13.2 Å². The predicted molar refractivity (Wildman–Crippen MR) is 74.9 cm³/mol. The molecule has 21 heavy (non-hydrogen) atoms. The fraction of sp³-hybridized carbons (Fsp3) is 0.600. The van der Waals surface area contributed by atoms with Crippen LogP contribution in [0.3, 0.4) is 0 Å². The number of anilines is 1. The van der Waals surface area contributed by atoms with Gasteiger partial charge in [-0.1, -0.05) is 12.1 Å². The van der Waals surface area contributed by atoms with Crippen LogP contribution in [0.25, 0.3) is 0 Å². The first-order valence-corrected chi connectivity index (χ1v) is 7.12. The smallest absolute Gasteiger partial charge is 0.368 e. The van der Waals surface area contributed by atoms with Crippen molar-refractivity contribution >= 4 is 5.69 Å². The number of hydrogen-bond donors (Lipinski definition) is 1. The number of para-hydroxylation sites is 1. The normalized spacial score (nSPS) is 21.4. The van der Waals surface area contributed by atoms with Gasteiger partial charge < -0.3 is 10.2 Å². The fourth-order valence-electron chi connectivity index (χ4n) is 2.82. The van der Waals surface area contributed by atoms with Crippen LogP contribution in [0.4, 0.5) is 23.2 Å². The Labute approximate surface area is 122 Å². The average Bonchev–Trinajstić information content (AvgIpc) is 2.45. The molecule has 1 saturated heterocycles. The summed E-state index contributed by atoms with van der Waals surface area (Å²) >= 11 is 0. The van der Waals surface area contributed by atoms with E-state index >= 15 is 0 Å². The summed E-state index contributed by atoms with van der Waals surface area (Å²) in [5.41, 5.74) is 0.994. The molecule has 0 saturated carbocycles. The lowest BCUT2D eigenvalue weighted by molar-refractivity contribution is -0.176. The van der Waals surface area contributed by atoms with Crippen LogP contribution >= 0.6 is 0 Å². The summed E-state index contributed by atoms with van der Waals surface area (Å²) < 4.78 is 53.0. The third-order valence-corrected chi connectivity index (χ3v) is 4.12. The molecule has 0 amide bonds. The molecule has 0 aromatic heterocycles. The number of alkyl halides is 3. The Kier molecular flexibility index (Phi) is 4.76. The van der Waals surface area contributed by atoms with Crippen LogP contribution in [0.5, 0.6) is 0 Å². The van der Waals surface area contributed by atoms with Gasteiger partial charge in [0.15, 0.2) is 0 Å². The Balaban J connectivity index is 2.33. The van der Waals surface area contributed by atoms with Gasteiger partial charge in [0.25, 0.3) is 0 Å². The second-order valence-corrected chi connectivity index (χ2v) is 5.51. The number of rotatable bonds is 3. The van der Waals surface area contributed by atoms with Gasteiger partial charge in [0.2, 0.25) is 0 Å². The van der Waals surface area contributed by atoms with Crippen molar-refractivity contribution in [3.05, 3.63) is 29.6 Å². The molecule has 1 heterocycles. The molecule has 0 aliphatic carbocycles. The zero-order valence-corrected chi connectivity index (χ0v) is 12.2. The molecule has 1 fully saturated rings. The van der Waals surface area contributed by atoms with E-state index in [0.29, 0.717) is 24.2 Å². The van der Waals surface area contributed by atoms with Crippen LogP contribution in [-0.4, -0.2) is 26.3 Å². The van der Waals surface area contributed by atoms with Crippen molar-refractivity contribution in [3.8, 4) is 0 Å². The second kappa shape index (κ2) is 6.22. The molecular weight excluding hydrogens is 284 g/mol. The highest BCUT2D eigenvalue weighted by Gasteiger charge is 2.42. The first-order valence-electron chi connectivity index (χ1n) is 7.12. The highest BCUT2D eigenvalue weighted by Crippen LogP contribution is 2.37. The molecule has 2 nitrogen and oxygen atoms in total. The van der Waals surface area contributed by atoms with E-state index in [1.807, 2.05) is 6.92 Å². The highest BCUT2D eigenvalue weighted by molar-refractivity contribution is 5.56. The summed E-state index contributed by atoms with van der Waals surface area (Å²) in [5.74, 6) is -1.85. The number of nitrogens with zero attached hydrogens (tertiary/aromatic N) is 1. The van der Waals surface area contributed by atoms with Crippen LogP contribution < -0.4 is 10.2 Å². The Hall–Kier alpha value is -1.30. The monoisotopic (exact) mass is 304 g/mol. The molecule has 1 aromatic rings. The summed E-state index contributed by atoms with van der Waals surface area (Å²) in [4.78, 5) is 1.54. The number of piperidine rings is 1. The van der Waals surface area contributed by atoms with Gasteiger partial charge in [0, 0.05) is 19.1 Å². The minimum absolute atomic E-state index is 0.116. The van der Waals surface area contributed by atoms with Crippen LogP contribution in [0, 0.1) is 11.7 Å². The summed E-state index contributed by atoms with van der Waals surface area (Å²) in [6.45, 7) is 2.15. The van der Waals surface area contributed by atoms with Crippen molar-refractivity contribution in [1.29, 1.82) is 0 Å². The van der Waals surface area contributed by atoms with Crippen LogP contribution in [0.2, 0.25) is 0 Å². The van der Waals surface area contributed by atoms with Crippen LogP contribution in [0.1, 0.15) is 31.4 Å². The van der Waals surface area contributed by atoms with Gasteiger partial charge in [-0.3, -0.25) is 0 Å². The molecule has 0 radical (unpaired) electrons. The standard InChI is InChI=1S/C15H20F4N2/c1-10(20-2)12-6-3-7-13(16)14(12)21-8-4-5-11(9-21)15(17,18)19/h3,6-7,10-11,20H,4-5,8-9H2,1-2H3. The van der Waals surface area contributed by atoms with Crippen molar-refractivity contribution in [3.63, 3.8) is 0 Å². The number of hydrogen-bond acceptors (Lipinski definition) is 2. The Bertz CT molecular complexity index is 487. The van der Waals surface area contributed by atoms with Gasteiger partial charge in [0.05, 0.1) is 11.6 Å². The SMILES string of the molecule is CNC(C)c1cccc(F)c1N1CCCC(C(F)(F)F)C1. The molecular formula is C15H20F4N2. The fourth-order valence-corrected chi connectivity index (χ4v) is 2.82. The maximum atomic E-state index is 14.2. The van der Waals surface area contributed by atoms with Crippen molar-refractivity contribution in [1.82, 2.24) is 5.32 Å². The molecule has 1 aliphatic heterocycles. The molecule has 2 unspecified atom stereocenters. The number of nitrogens with one attached hydrogen (secondary N) is 1. The Morgan fingerprint density at radius 2 is 2.05 bits per heavy atom. The summed E-state index contributed by atoms with van der Waals surface area (Å²) in [5, 5.41) is 3.01. The maximum absolute atomic E-state index is 14.2. The quantitative estimate of drug-likeness (QED) is 0.852. The van der Waals surface area contributed by atoms with E-state index in [9.17, 15) is 17.6 Å². The molecule has 1 aliphatic rings. The molecule has 6 heteroatoms. The van der Waals surface area contributed by atoms with E-state index in [1.165, 1.54) is 6.07 Å². The van der Waals surface area contributed by atoms with E-state index in [4.69, 9.17) is 0 Å². The lowest BCUT2D eigenvalue weighted by Crippen LogP contribution is -2.42. The summed E-state index contributed by atoms with van der Waals surface area (Å²) in [7, 11) is 1.74. The first-order chi connectivity index (χ1) is 9.84. The van der Waals surface area contributed by atoms with Crippen molar-refractivity contribution in [2.45, 2.75) is 32.0 Å². The number of benzene rings is 1. The van der Waals surface area contributed by atoms with Gasteiger partial charge >= 0.3 is 6.18 Å². The van der Waals surface area contributed by atoms with E-state index in [0.717, 1.165) is 0 Å². The topological polar surface area (TPSA) is 15.3 Å². The minimum atomic E-state index is -4.22. The van der Waals surface area contributed by atoms with Crippen molar-refractivity contribution in [2.75, 3.05) is 25.0 Å². The Morgan fingerprint density at radius 1 is 1.33 bits per heavy atom. The molecule has 0 spiro atoms. The highest BCUT2D eigenvalue weighted by atomic mass is 19.4. The maximum Gasteiger partial charge on any atom is 0.393 e. The predicted octanol–water partition coefficient (Wildman–Crippen LogP) is 3.88. The molecule has 118 valence electrons.